The number of carboxylic acids is 1. The summed E-state index contributed by atoms with van der Waals surface area (Å²) < 4.78 is 16.8. The van der Waals surface area contributed by atoms with Crippen LogP contribution in [0.15, 0.2) is 24.3 Å². The number of rotatable bonds is 20. The lowest BCUT2D eigenvalue weighted by Crippen LogP contribution is -2.30. The number of esters is 1. The first kappa shape index (κ1) is 41.4. The lowest BCUT2D eigenvalue weighted by Gasteiger charge is -2.24. The summed E-state index contributed by atoms with van der Waals surface area (Å²) in [5, 5.41) is 14.3. The fraction of sp³-hybridized carbons (Fsp3) is 0.750. The second kappa shape index (κ2) is 22.8. The molecule has 0 aliphatic carbocycles. The summed E-state index contributed by atoms with van der Waals surface area (Å²) in [5.41, 5.74) is 0.529. The molecule has 10 heteroatoms. The van der Waals surface area contributed by atoms with E-state index in [4.69, 9.17) is 19.3 Å². The Balaban J connectivity index is 0. The van der Waals surface area contributed by atoms with Gasteiger partial charge in [-0.3, -0.25) is 19.2 Å². The summed E-state index contributed by atoms with van der Waals surface area (Å²) in [6.07, 6.45) is 4.21. The van der Waals surface area contributed by atoms with Crippen LogP contribution < -0.4 is 10.6 Å². The lowest BCUT2D eigenvalue weighted by atomic mass is 10.0. The van der Waals surface area contributed by atoms with Gasteiger partial charge in [-0.15, -0.1) is 0 Å². The monoisotopic (exact) mass is 598 g/mol. The van der Waals surface area contributed by atoms with Crippen molar-refractivity contribution in [3.8, 4) is 0 Å². The van der Waals surface area contributed by atoms with E-state index < -0.39 is 17.5 Å². The molecule has 2 amide bonds. The number of carbonyl (C=O) groups excluding carboxylic acids is 3. The third-order valence-electron chi connectivity index (χ3n) is 6.07. The molecule has 0 fully saturated rings. The van der Waals surface area contributed by atoms with Gasteiger partial charge in [0, 0.05) is 37.4 Å². The van der Waals surface area contributed by atoms with Crippen molar-refractivity contribution in [1.82, 2.24) is 10.6 Å². The summed E-state index contributed by atoms with van der Waals surface area (Å²) in [6, 6.07) is 0. The van der Waals surface area contributed by atoms with Crippen molar-refractivity contribution >= 4 is 23.8 Å². The number of hydrogen-bond donors (Lipinski definition) is 3. The highest BCUT2D eigenvalue weighted by atomic mass is 16.6. The lowest BCUT2D eigenvalue weighted by molar-refractivity contribution is -0.160. The molecule has 42 heavy (non-hydrogen) atoms. The number of amides is 2. The van der Waals surface area contributed by atoms with Gasteiger partial charge in [-0.05, 0) is 73.1 Å². The molecule has 0 radical (unpaired) electrons. The molecule has 0 rings (SSSR count). The molecule has 4 atom stereocenters. The first-order valence-corrected chi connectivity index (χ1v) is 15.0. The molecule has 0 heterocycles. The van der Waals surface area contributed by atoms with Crippen molar-refractivity contribution in [2.24, 2.45) is 11.8 Å². The van der Waals surface area contributed by atoms with Crippen molar-refractivity contribution in [3.05, 3.63) is 24.3 Å². The van der Waals surface area contributed by atoms with Crippen LogP contribution in [-0.2, 0) is 33.4 Å². The van der Waals surface area contributed by atoms with E-state index in [0.29, 0.717) is 56.7 Å². The van der Waals surface area contributed by atoms with Crippen LogP contribution in [0.4, 0.5) is 0 Å². The Bertz CT molecular complexity index is 850. The van der Waals surface area contributed by atoms with E-state index >= 15 is 0 Å². The van der Waals surface area contributed by atoms with Gasteiger partial charge in [0.1, 0.15) is 5.60 Å². The molecule has 3 N–H and O–H groups in total. The summed E-state index contributed by atoms with van der Waals surface area (Å²) in [7, 11) is 0. The van der Waals surface area contributed by atoms with Gasteiger partial charge in [-0.1, -0.05) is 40.9 Å². The molecule has 0 aliphatic heterocycles. The van der Waals surface area contributed by atoms with Gasteiger partial charge in [0.15, 0.2) is 0 Å². The van der Waals surface area contributed by atoms with Gasteiger partial charge in [0.25, 0.3) is 0 Å². The molecule has 4 unspecified atom stereocenters. The maximum absolute atomic E-state index is 12.0. The van der Waals surface area contributed by atoms with Gasteiger partial charge in [0.05, 0.1) is 24.0 Å². The highest BCUT2D eigenvalue weighted by Gasteiger charge is 2.24. The van der Waals surface area contributed by atoms with Crippen molar-refractivity contribution in [3.63, 3.8) is 0 Å². The SMILES string of the molecule is C=C(C)C(=O)NCCCOC(CC)CC(C)C(=O)O.C=C(C)C(=O)NCCCOC(CC)CC(C)C(=O)OC(C)(C)C. The molecule has 0 aromatic rings. The van der Waals surface area contributed by atoms with E-state index in [0.717, 1.165) is 19.3 Å². The predicted molar refractivity (Wildman–Crippen MR) is 166 cm³/mol. The van der Waals surface area contributed by atoms with Crippen LogP contribution in [0.25, 0.3) is 0 Å². The summed E-state index contributed by atoms with van der Waals surface area (Å²) in [6.45, 7) is 25.8. The van der Waals surface area contributed by atoms with Gasteiger partial charge >= 0.3 is 11.9 Å². The Kier molecular flexibility index (Phi) is 22.5. The summed E-state index contributed by atoms with van der Waals surface area (Å²) in [4.78, 5) is 45.3. The molecule has 244 valence electrons. The second-order valence-corrected chi connectivity index (χ2v) is 11.7. The van der Waals surface area contributed by atoms with Crippen LogP contribution in [-0.4, -0.2) is 73.0 Å². The van der Waals surface area contributed by atoms with Crippen LogP contribution in [0.5, 0.6) is 0 Å². The largest absolute Gasteiger partial charge is 0.481 e. The Labute approximate surface area is 254 Å². The van der Waals surface area contributed by atoms with Crippen molar-refractivity contribution in [2.45, 2.75) is 119 Å². The first-order chi connectivity index (χ1) is 19.4. The minimum atomic E-state index is -0.796. The Hall–Kier alpha value is -2.72. The molecule has 0 aromatic carbocycles. The molecule has 0 aliphatic rings. The van der Waals surface area contributed by atoms with Crippen LogP contribution in [0.2, 0.25) is 0 Å². The molecular formula is C32H58N2O8. The Morgan fingerprint density at radius 1 is 0.762 bits per heavy atom. The fourth-order valence-electron chi connectivity index (χ4n) is 3.44. The average molecular weight is 599 g/mol. The highest BCUT2D eigenvalue weighted by Crippen LogP contribution is 2.18. The maximum Gasteiger partial charge on any atom is 0.309 e. The fourth-order valence-corrected chi connectivity index (χ4v) is 3.44. The number of ether oxygens (including phenoxy) is 3. The normalized spacial score (nSPS) is 13.8. The third-order valence-corrected chi connectivity index (χ3v) is 6.07. The molecule has 0 saturated heterocycles. The Morgan fingerprint density at radius 2 is 1.14 bits per heavy atom. The standard InChI is InChI=1S/C18H33NO4.C14H25NO4/c1-8-15(12-14(4)17(21)23-18(5,6)7)22-11-9-10-19-16(20)13(2)3;1-5-12(9-11(4)14(17)18)19-8-6-7-15-13(16)10(2)3/h14-15H,2,8-12H2,1,3-7H3,(H,19,20);11-12H,2,5-9H2,1,3-4H3,(H,15,16)(H,17,18). The van der Waals surface area contributed by atoms with Crippen LogP contribution in [0, 0.1) is 11.8 Å². The van der Waals surface area contributed by atoms with Gasteiger partial charge < -0.3 is 30.0 Å². The zero-order valence-corrected chi connectivity index (χ0v) is 27.6. The van der Waals surface area contributed by atoms with Gasteiger partial charge in [-0.2, -0.15) is 0 Å². The molecule has 0 spiro atoms. The zero-order valence-electron chi connectivity index (χ0n) is 27.6. The number of carbonyl (C=O) groups is 4. The zero-order chi connectivity index (χ0) is 32.9. The highest BCUT2D eigenvalue weighted by molar-refractivity contribution is 5.92. The summed E-state index contributed by atoms with van der Waals surface area (Å²) in [5.74, 6) is -1.85. The number of carboxylic acid groups (broad SMARTS) is 1. The van der Waals surface area contributed by atoms with Crippen molar-refractivity contribution in [2.75, 3.05) is 26.3 Å². The van der Waals surface area contributed by atoms with E-state index in [9.17, 15) is 19.2 Å². The molecule has 0 bridgehead atoms. The third kappa shape index (κ3) is 22.9. The van der Waals surface area contributed by atoms with E-state index in [1.807, 2.05) is 41.5 Å². The smallest absolute Gasteiger partial charge is 0.309 e. The molecular weight excluding hydrogens is 540 g/mol. The van der Waals surface area contributed by atoms with Gasteiger partial charge in [-0.25, -0.2) is 0 Å². The van der Waals surface area contributed by atoms with Crippen LogP contribution in [0.1, 0.15) is 101 Å². The van der Waals surface area contributed by atoms with Gasteiger partial charge in [0.2, 0.25) is 11.8 Å². The van der Waals surface area contributed by atoms with E-state index in [1.165, 1.54) is 0 Å². The van der Waals surface area contributed by atoms with E-state index in [2.05, 4.69) is 23.8 Å². The van der Waals surface area contributed by atoms with Crippen molar-refractivity contribution < 1.29 is 38.5 Å². The Morgan fingerprint density at radius 3 is 1.45 bits per heavy atom. The maximum atomic E-state index is 12.0. The number of aliphatic carboxylic acids is 1. The second-order valence-electron chi connectivity index (χ2n) is 11.7. The minimum Gasteiger partial charge on any atom is -0.481 e. The van der Waals surface area contributed by atoms with E-state index in [1.54, 1.807) is 20.8 Å². The molecule has 10 nitrogen and oxygen atoms in total. The number of hydrogen-bond acceptors (Lipinski definition) is 7. The minimum absolute atomic E-state index is 0.0226. The quantitative estimate of drug-likeness (QED) is 0.0986. The topological polar surface area (TPSA) is 140 Å². The van der Waals surface area contributed by atoms with E-state index in [-0.39, 0.29) is 35.9 Å². The van der Waals surface area contributed by atoms with Crippen molar-refractivity contribution in [1.29, 1.82) is 0 Å². The first-order valence-electron chi connectivity index (χ1n) is 15.0. The predicted octanol–water partition coefficient (Wildman–Crippen LogP) is 5.21. The summed E-state index contributed by atoms with van der Waals surface area (Å²) >= 11 is 0. The van der Waals surface area contributed by atoms with Crippen LogP contribution >= 0.6 is 0 Å². The number of nitrogens with one attached hydrogen (secondary N) is 2. The average Bonchev–Trinajstić information content (AvgIpc) is 2.89. The van der Waals surface area contributed by atoms with Crippen LogP contribution in [0.3, 0.4) is 0 Å². The molecule has 0 aromatic heterocycles. The molecule has 0 saturated carbocycles.